The zero-order chi connectivity index (χ0) is 22.9. The van der Waals surface area contributed by atoms with Crippen molar-refractivity contribution in [3.8, 4) is 28.6 Å². The Morgan fingerprint density at radius 2 is 1.76 bits per heavy atom. The molecular formula is C26H23N3O4. The number of benzene rings is 3. The van der Waals surface area contributed by atoms with E-state index in [1.54, 1.807) is 25.1 Å². The van der Waals surface area contributed by atoms with Gasteiger partial charge in [0.15, 0.2) is 17.6 Å². The number of carbonyl (C=O) groups is 1. The third-order valence-electron chi connectivity index (χ3n) is 5.60. The molecule has 7 heteroatoms. The predicted molar refractivity (Wildman–Crippen MR) is 126 cm³/mol. The fourth-order valence-corrected chi connectivity index (χ4v) is 3.80. The molecule has 1 amide bonds. The molecule has 166 valence electrons. The van der Waals surface area contributed by atoms with Crippen LogP contribution in [-0.4, -0.2) is 29.0 Å². The number of carbonyl (C=O) groups excluding carboxylic acids is 1. The highest BCUT2D eigenvalue weighted by Gasteiger charge is 2.21. The van der Waals surface area contributed by atoms with E-state index in [-0.39, 0.29) is 12.7 Å². The third-order valence-corrected chi connectivity index (χ3v) is 5.60. The van der Waals surface area contributed by atoms with Crippen molar-refractivity contribution in [1.29, 1.82) is 0 Å². The first-order chi connectivity index (χ1) is 16.0. The van der Waals surface area contributed by atoms with E-state index in [4.69, 9.17) is 14.2 Å². The summed E-state index contributed by atoms with van der Waals surface area (Å²) in [6.07, 6.45) is -0.792. The number of rotatable bonds is 5. The Hall–Kier alpha value is -4.13. The van der Waals surface area contributed by atoms with E-state index in [1.165, 1.54) is 0 Å². The molecule has 1 aliphatic rings. The van der Waals surface area contributed by atoms with E-state index in [1.807, 2.05) is 24.3 Å². The van der Waals surface area contributed by atoms with Gasteiger partial charge in [-0.05, 0) is 50.6 Å². The maximum absolute atomic E-state index is 12.8. The van der Waals surface area contributed by atoms with Crippen molar-refractivity contribution in [2.75, 3.05) is 12.1 Å². The maximum Gasteiger partial charge on any atom is 0.265 e. The molecule has 0 aliphatic carbocycles. The average Bonchev–Trinajstić information content (AvgIpc) is 3.29. The Balaban J connectivity index is 1.41. The monoisotopic (exact) mass is 441 g/mol. The predicted octanol–water partition coefficient (Wildman–Crippen LogP) is 5.05. The molecule has 1 atom stereocenters. The largest absolute Gasteiger partial charge is 0.463 e. The Morgan fingerprint density at radius 1 is 0.970 bits per heavy atom. The van der Waals surface area contributed by atoms with Crippen LogP contribution in [0.15, 0.2) is 60.7 Å². The summed E-state index contributed by atoms with van der Waals surface area (Å²) in [6, 6.07) is 19.3. The van der Waals surface area contributed by atoms with Gasteiger partial charge in [-0.25, -0.2) is 0 Å². The van der Waals surface area contributed by atoms with Crippen LogP contribution in [0.2, 0.25) is 0 Å². The summed E-state index contributed by atoms with van der Waals surface area (Å²) in [5.74, 6) is 1.26. The SMILES string of the molecule is Cc1ccc(C)c(-c2nnc(OC(C)C(=O)Nc3ccc4c(c3)OCO4)c3ccccc23)c1. The average molecular weight is 441 g/mol. The number of hydrogen-bond acceptors (Lipinski definition) is 6. The molecule has 0 spiro atoms. The van der Waals surface area contributed by atoms with Gasteiger partial charge in [0.1, 0.15) is 5.69 Å². The second-order valence-electron chi connectivity index (χ2n) is 8.04. The van der Waals surface area contributed by atoms with Gasteiger partial charge in [-0.3, -0.25) is 4.79 Å². The van der Waals surface area contributed by atoms with Gasteiger partial charge in [-0.2, -0.15) is 0 Å². The number of amides is 1. The highest BCUT2D eigenvalue weighted by molar-refractivity contribution is 5.98. The Labute approximate surface area is 191 Å². The molecule has 0 bridgehead atoms. The molecule has 5 rings (SSSR count). The van der Waals surface area contributed by atoms with Crippen LogP contribution in [0.5, 0.6) is 17.4 Å². The fourth-order valence-electron chi connectivity index (χ4n) is 3.80. The number of anilines is 1. The van der Waals surface area contributed by atoms with Crippen LogP contribution in [-0.2, 0) is 4.79 Å². The lowest BCUT2D eigenvalue weighted by molar-refractivity contribution is -0.122. The molecule has 1 N–H and O–H groups in total. The van der Waals surface area contributed by atoms with Crippen molar-refractivity contribution in [3.05, 3.63) is 71.8 Å². The zero-order valence-corrected chi connectivity index (χ0v) is 18.6. The van der Waals surface area contributed by atoms with E-state index in [0.29, 0.717) is 23.1 Å². The number of fused-ring (bicyclic) bond motifs is 2. The summed E-state index contributed by atoms with van der Waals surface area (Å²) in [5.41, 5.74) is 4.68. The summed E-state index contributed by atoms with van der Waals surface area (Å²) in [7, 11) is 0. The number of hydrogen-bond donors (Lipinski definition) is 1. The van der Waals surface area contributed by atoms with Crippen molar-refractivity contribution in [3.63, 3.8) is 0 Å². The Morgan fingerprint density at radius 3 is 2.61 bits per heavy atom. The highest BCUT2D eigenvalue weighted by Crippen LogP contribution is 2.35. The van der Waals surface area contributed by atoms with Crippen LogP contribution in [0, 0.1) is 13.8 Å². The first-order valence-electron chi connectivity index (χ1n) is 10.7. The summed E-state index contributed by atoms with van der Waals surface area (Å²) in [5, 5.41) is 13.4. The van der Waals surface area contributed by atoms with Crippen LogP contribution in [0.4, 0.5) is 5.69 Å². The quantitative estimate of drug-likeness (QED) is 0.467. The van der Waals surface area contributed by atoms with E-state index in [9.17, 15) is 4.79 Å². The molecule has 2 heterocycles. The molecule has 0 saturated carbocycles. The minimum atomic E-state index is -0.792. The number of nitrogens with zero attached hydrogens (tertiary/aromatic N) is 2. The van der Waals surface area contributed by atoms with Crippen LogP contribution < -0.4 is 19.5 Å². The standard InChI is InChI=1S/C26H23N3O4/c1-15-8-9-16(2)21(12-15)24-19-6-4-5-7-20(19)26(29-28-24)33-17(3)25(30)27-18-10-11-22-23(13-18)32-14-31-22/h4-13,17H,14H2,1-3H3,(H,27,30). The third kappa shape index (κ3) is 4.05. The van der Waals surface area contributed by atoms with Gasteiger partial charge in [0.05, 0.1) is 0 Å². The van der Waals surface area contributed by atoms with Gasteiger partial charge in [0.2, 0.25) is 12.7 Å². The second-order valence-corrected chi connectivity index (χ2v) is 8.04. The molecule has 3 aromatic carbocycles. The molecule has 33 heavy (non-hydrogen) atoms. The molecule has 0 saturated heterocycles. The van der Waals surface area contributed by atoms with E-state index >= 15 is 0 Å². The minimum Gasteiger partial charge on any atom is -0.463 e. The molecule has 7 nitrogen and oxygen atoms in total. The molecule has 0 radical (unpaired) electrons. The van der Waals surface area contributed by atoms with Crippen molar-refractivity contribution in [1.82, 2.24) is 10.2 Å². The van der Waals surface area contributed by atoms with Crippen molar-refractivity contribution in [2.45, 2.75) is 26.9 Å². The van der Waals surface area contributed by atoms with E-state index < -0.39 is 6.10 Å². The van der Waals surface area contributed by atoms with Gasteiger partial charge in [0.25, 0.3) is 5.91 Å². The number of aryl methyl sites for hydroxylation is 2. The topological polar surface area (TPSA) is 82.6 Å². The van der Waals surface area contributed by atoms with Crippen molar-refractivity contribution >= 4 is 22.4 Å². The number of ether oxygens (including phenoxy) is 3. The van der Waals surface area contributed by atoms with Crippen LogP contribution in [0.25, 0.3) is 22.0 Å². The maximum atomic E-state index is 12.8. The highest BCUT2D eigenvalue weighted by atomic mass is 16.7. The number of aromatic nitrogens is 2. The smallest absolute Gasteiger partial charge is 0.265 e. The summed E-state index contributed by atoms with van der Waals surface area (Å²) < 4.78 is 16.6. The lowest BCUT2D eigenvalue weighted by atomic mass is 9.99. The zero-order valence-electron chi connectivity index (χ0n) is 18.6. The molecule has 1 unspecified atom stereocenters. The van der Waals surface area contributed by atoms with Gasteiger partial charge in [-0.15, -0.1) is 10.2 Å². The first kappa shape index (κ1) is 20.8. The van der Waals surface area contributed by atoms with Crippen LogP contribution in [0.1, 0.15) is 18.1 Å². The molecule has 0 fully saturated rings. The summed E-state index contributed by atoms with van der Waals surface area (Å²) >= 11 is 0. The van der Waals surface area contributed by atoms with Gasteiger partial charge in [-0.1, -0.05) is 35.9 Å². The lowest BCUT2D eigenvalue weighted by Gasteiger charge is -2.16. The van der Waals surface area contributed by atoms with Crippen LogP contribution >= 0.6 is 0 Å². The first-order valence-corrected chi connectivity index (χ1v) is 10.7. The molecular weight excluding hydrogens is 418 g/mol. The molecule has 1 aliphatic heterocycles. The Bertz CT molecular complexity index is 1370. The number of nitrogens with one attached hydrogen (secondary N) is 1. The molecule has 1 aromatic heterocycles. The van der Waals surface area contributed by atoms with E-state index in [0.717, 1.165) is 33.2 Å². The Kier molecular flexibility index (Phi) is 5.30. The second kappa shape index (κ2) is 8.43. The van der Waals surface area contributed by atoms with Gasteiger partial charge < -0.3 is 19.5 Å². The van der Waals surface area contributed by atoms with Gasteiger partial charge in [0, 0.05) is 28.1 Å². The molecule has 4 aromatic rings. The lowest BCUT2D eigenvalue weighted by Crippen LogP contribution is -2.30. The summed E-state index contributed by atoms with van der Waals surface area (Å²) in [6.45, 7) is 5.96. The minimum absolute atomic E-state index is 0.177. The summed E-state index contributed by atoms with van der Waals surface area (Å²) in [4.78, 5) is 12.8. The van der Waals surface area contributed by atoms with Crippen LogP contribution in [0.3, 0.4) is 0 Å². The van der Waals surface area contributed by atoms with Crippen molar-refractivity contribution < 1.29 is 19.0 Å². The van der Waals surface area contributed by atoms with E-state index in [2.05, 4.69) is 47.6 Å². The normalized spacial score (nSPS) is 13.1. The van der Waals surface area contributed by atoms with Gasteiger partial charge >= 0.3 is 0 Å². The van der Waals surface area contributed by atoms with Crippen molar-refractivity contribution in [2.24, 2.45) is 0 Å². The fraction of sp³-hybridized carbons (Fsp3) is 0.192.